The summed E-state index contributed by atoms with van der Waals surface area (Å²) in [5.41, 5.74) is 3.13. The molecule has 2 aromatic rings. The molecule has 25 heavy (non-hydrogen) atoms. The Labute approximate surface area is 147 Å². The number of nitrogens with zero attached hydrogens (tertiary/aromatic N) is 2. The minimum absolute atomic E-state index is 0.128. The van der Waals surface area contributed by atoms with Crippen LogP contribution < -0.4 is 9.46 Å². The zero-order valence-electron chi connectivity index (χ0n) is 14.7. The lowest BCUT2D eigenvalue weighted by molar-refractivity contribution is 0.0975. The van der Waals surface area contributed by atoms with Crippen molar-refractivity contribution in [3.05, 3.63) is 40.1 Å². The van der Waals surface area contributed by atoms with E-state index in [2.05, 4.69) is 9.82 Å². The first-order chi connectivity index (χ1) is 11.7. The summed E-state index contributed by atoms with van der Waals surface area (Å²) in [6.45, 7) is 8.31. The summed E-state index contributed by atoms with van der Waals surface area (Å²) in [6.07, 6.45) is 2.14. The summed E-state index contributed by atoms with van der Waals surface area (Å²) in [4.78, 5) is 12.7. The summed E-state index contributed by atoms with van der Waals surface area (Å²) in [5.74, 6) is -0.422. The van der Waals surface area contributed by atoms with Gasteiger partial charge in [-0.1, -0.05) is 6.07 Å². The minimum Gasteiger partial charge on any atom is -0.477 e. The van der Waals surface area contributed by atoms with Crippen LogP contribution in [-0.2, 0) is 16.6 Å². The molecule has 1 N–H and O–H groups in total. The zero-order chi connectivity index (χ0) is 18.4. The monoisotopic (exact) mass is 363 g/mol. The maximum Gasteiger partial charge on any atom is 0.272 e. The second-order valence-electron chi connectivity index (χ2n) is 6.31. The number of fused-ring (bicyclic) bond motifs is 1. The van der Waals surface area contributed by atoms with Crippen LogP contribution in [-0.4, -0.2) is 30.7 Å². The van der Waals surface area contributed by atoms with Crippen molar-refractivity contribution in [2.24, 2.45) is 0 Å². The number of hydrogen-bond donors (Lipinski definition) is 1. The molecule has 1 aromatic heterocycles. The highest BCUT2D eigenvalue weighted by molar-refractivity contribution is 7.90. The van der Waals surface area contributed by atoms with E-state index in [4.69, 9.17) is 4.74 Å². The fourth-order valence-corrected chi connectivity index (χ4v) is 4.62. The second-order valence-corrected chi connectivity index (χ2v) is 7.93. The molecule has 0 atom stereocenters. The van der Waals surface area contributed by atoms with Crippen LogP contribution in [0.15, 0.2) is 17.2 Å². The predicted octanol–water partition coefficient (Wildman–Crippen LogP) is 2.02. The molecule has 134 valence electrons. The van der Waals surface area contributed by atoms with Gasteiger partial charge in [0.2, 0.25) is 5.88 Å². The topological polar surface area (TPSA) is 90.3 Å². The van der Waals surface area contributed by atoms with Gasteiger partial charge in [-0.2, -0.15) is 5.10 Å². The van der Waals surface area contributed by atoms with Crippen molar-refractivity contribution in [3.8, 4) is 5.88 Å². The highest BCUT2D eigenvalue weighted by Crippen LogP contribution is 2.27. The number of amides is 1. The smallest absolute Gasteiger partial charge is 0.272 e. The molecular weight excluding hydrogens is 342 g/mol. The SMILES string of the molecule is Cc1cc(C)c(C)c(S(=O)(=O)NC(=O)c2cnn3c2OCCC3)c1C. The number of rotatable bonds is 3. The highest BCUT2D eigenvalue weighted by atomic mass is 32.2. The van der Waals surface area contributed by atoms with E-state index in [0.29, 0.717) is 30.2 Å². The van der Waals surface area contributed by atoms with Crippen molar-refractivity contribution in [1.29, 1.82) is 0 Å². The van der Waals surface area contributed by atoms with E-state index in [-0.39, 0.29) is 10.5 Å². The Kier molecular flexibility index (Phi) is 4.32. The van der Waals surface area contributed by atoms with Gasteiger partial charge in [0.05, 0.1) is 17.7 Å². The van der Waals surface area contributed by atoms with E-state index in [1.54, 1.807) is 18.5 Å². The van der Waals surface area contributed by atoms with Gasteiger partial charge in [0, 0.05) is 13.0 Å². The molecule has 8 heteroatoms. The van der Waals surface area contributed by atoms with Gasteiger partial charge >= 0.3 is 0 Å². The quantitative estimate of drug-likeness (QED) is 0.901. The molecule has 1 aliphatic heterocycles. The molecule has 1 amide bonds. The molecule has 0 aliphatic carbocycles. The lowest BCUT2D eigenvalue weighted by Crippen LogP contribution is -2.32. The normalized spacial score (nSPS) is 13.9. The molecule has 0 unspecified atom stereocenters. The molecule has 0 saturated carbocycles. The van der Waals surface area contributed by atoms with Crippen LogP contribution >= 0.6 is 0 Å². The van der Waals surface area contributed by atoms with Crippen LogP contribution in [0.2, 0.25) is 0 Å². The lowest BCUT2D eigenvalue weighted by Gasteiger charge is -2.17. The average Bonchev–Trinajstić information content (AvgIpc) is 2.96. The fourth-order valence-electron chi connectivity index (χ4n) is 3.04. The maximum atomic E-state index is 12.9. The van der Waals surface area contributed by atoms with E-state index >= 15 is 0 Å². The molecule has 0 radical (unpaired) electrons. The van der Waals surface area contributed by atoms with Crippen LogP contribution in [0.25, 0.3) is 0 Å². The summed E-state index contributed by atoms with van der Waals surface area (Å²) in [6, 6.07) is 1.94. The van der Waals surface area contributed by atoms with E-state index in [1.807, 2.05) is 19.9 Å². The Morgan fingerprint density at radius 1 is 1.20 bits per heavy atom. The number of benzene rings is 1. The van der Waals surface area contributed by atoms with Crippen molar-refractivity contribution >= 4 is 15.9 Å². The van der Waals surface area contributed by atoms with Crippen molar-refractivity contribution in [2.75, 3.05) is 6.61 Å². The zero-order valence-corrected chi connectivity index (χ0v) is 15.5. The number of nitrogens with one attached hydrogen (secondary N) is 1. The van der Waals surface area contributed by atoms with Crippen LogP contribution in [0.5, 0.6) is 5.88 Å². The fraction of sp³-hybridized carbons (Fsp3) is 0.412. The molecule has 0 fully saturated rings. The van der Waals surface area contributed by atoms with Crippen LogP contribution in [0.3, 0.4) is 0 Å². The van der Waals surface area contributed by atoms with Gasteiger partial charge in [0.25, 0.3) is 15.9 Å². The molecule has 0 bridgehead atoms. The van der Waals surface area contributed by atoms with E-state index in [9.17, 15) is 13.2 Å². The highest BCUT2D eigenvalue weighted by Gasteiger charge is 2.28. The van der Waals surface area contributed by atoms with Crippen molar-refractivity contribution in [3.63, 3.8) is 0 Å². The number of carbonyl (C=O) groups is 1. The van der Waals surface area contributed by atoms with Gasteiger partial charge in [0.1, 0.15) is 5.56 Å². The Morgan fingerprint density at radius 2 is 1.84 bits per heavy atom. The molecule has 7 nitrogen and oxygen atoms in total. The lowest BCUT2D eigenvalue weighted by atomic mass is 10.0. The first-order valence-electron chi connectivity index (χ1n) is 8.05. The Bertz CT molecular complexity index is 935. The molecule has 3 rings (SSSR count). The summed E-state index contributed by atoms with van der Waals surface area (Å²) >= 11 is 0. The van der Waals surface area contributed by atoms with Crippen molar-refractivity contribution in [1.82, 2.24) is 14.5 Å². The van der Waals surface area contributed by atoms with Crippen LogP contribution in [0, 0.1) is 27.7 Å². The summed E-state index contributed by atoms with van der Waals surface area (Å²) in [7, 11) is -4.01. The molecular formula is C17H21N3O4S. The average molecular weight is 363 g/mol. The number of aromatic nitrogens is 2. The van der Waals surface area contributed by atoms with E-state index in [0.717, 1.165) is 17.5 Å². The third-order valence-corrected chi connectivity index (χ3v) is 6.19. The maximum absolute atomic E-state index is 12.9. The number of aryl methyl sites for hydroxylation is 3. The van der Waals surface area contributed by atoms with Gasteiger partial charge in [-0.3, -0.25) is 4.79 Å². The van der Waals surface area contributed by atoms with Crippen LogP contribution in [0.1, 0.15) is 39.0 Å². The number of ether oxygens (including phenoxy) is 1. The van der Waals surface area contributed by atoms with Gasteiger partial charge in [0.15, 0.2) is 0 Å². The first kappa shape index (κ1) is 17.5. The van der Waals surface area contributed by atoms with E-state index in [1.165, 1.54) is 6.20 Å². The molecule has 1 aliphatic rings. The number of sulfonamides is 1. The predicted molar refractivity (Wildman–Crippen MR) is 92.4 cm³/mol. The first-order valence-corrected chi connectivity index (χ1v) is 9.54. The third kappa shape index (κ3) is 3.02. The molecule has 0 spiro atoms. The van der Waals surface area contributed by atoms with Gasteiger partial charge in [-0.15, -0.1) is 0 Å². The Balaban J connectivity index is 1.98. The van der Waals surface area contributed by atoms with Gasteiger partial charge in [-0.25, -0.2) is 17.8 Å². The third-order valence-electron chi connectivity index (χ3n) is 4.58. The summed E-state index contributed by atoms with van der Waals surface area (Å²) < 4.78 is 34.9. The molecule has 0 saturated heterocycles. The molecule has 2 heterocycles. The van der Waals surface area contributed by atoms with Crippen molar-refractivity contribution in [2.45, 2.75) is 45.6 Å². The Hall–Kier alpha value is -2.35. The molecule has 1 aromatic carbocycles. The van der Waals surface area contributed by atoms with Crippen molar-refractivity contribution < 1.29 is 17.9 Å². The van der Waals surface area contributed by atoms with Crippen LogP contribution in [0.4, 0.5) is 0 Å². The van der Waals surface area contributed by atoms with E-state index < -0.39 is 15.9 Å². The summed E-state index contributed by atoms with van der Waals surface area (Å²) in [5, 5.41) is 4.08. The largest absolute Gasteiger partial charge is 0.477 e. The van der Waals surface area contributed by atoms with Gasteiger partial charge < -0.3 is 4.74 Å². The second kappa shape index (κ2) is 6.18. The standard InChI is InChI=1S/C17H21N3O4S/c1-10-8-11(2)13(4)15(12(10)3)25(22,23)19-16(21)14-9-18-20-6-5-7-24-17(14)20/h8-9H,5-7H2,1-4H3,(H,19,21). The minimum atomic E-state index is -4.01. The number of carbonyl (C=O) groups excluding carboxylic acids is 1. The number of hydrogen-bond acceptors (Lipinski definition) is 5. The Morgan fingerprint density at radius 3 is 2.48 bits per heavy atom. The van der Waals surface area contributed by atoms with Gasteiger partial charge in [-0.05, 0) is 49.9 Å².